The molecule has 96 valence electrons. The van der Waals surface area contributed by atoms with Gasteiger partial charge in [0, 0.05) is 6.04 Å². The Hall–Kier alpha value is -1.00. The average Bonchev–Trinajstić information content (AvgIpc) is 2.71. The number of amides is 1. The van der Waals surface area contributed by atoms with Crippen molar-refractivity contribution in [1.82, 2.24) is 0 Å². The number of halogens is 1. The number of hydrogen-bond acceptors (Lipinski definition) is 3. The molecule has 0 spiro atoms. The van der Waals surface area contributed by atoms with E-state index in [0.29, 0.717) is 10.8 Å². The zero-order chi connectivity index (χ0) is 13.1. The van der Waals surface area contributed by atoms with Gasteiger partial charge >= 0.3 is 0 Å². The molecule has 3 nitrogen and oxygen atoms in total. The van der Waals surface area contributed by atoms with Gasteiger partial charge in [-0.1, -0.05) is 42.4 Å². The van der Waals surface area contributed by atoms with E-state index in [4.69, 9.17) is 11.6 Å². The number of carbonyl (C=O) groups is 1. The zero-order valence-electron chi connectivity index (χ0n) is 10.4. The monoisotopic (exact) mass is 282 g/mol. The predicted octanol–water partition coefficient (Wildman–Crippen LogP) is 3.57. The first kappa shape index (κ1) is 13.4. The lowest BCUT2D eigenvalue weighted by Gasteiger charge is -2.18. The molecule has 1 unspecified atom stereocenters. The van der Waals surface area contributed by atoms with E-state index in [1.807, 2.05) is 25.1 Å². The molecule has 1 heterocycles. The number of para-hydroxylation sites is 1. The molecule has 1 aromatic rings. The van der Waals surface area contributed by atoms with Crippen molar-refractivity contribution in [2.24, 2.45) is 4.99 Å². The topological polar surface area (TPSA) is 32.7 Å². The maximum absolute atomic E-state index is 12.0. The number of aliphatic imine (C=N–C) groups is 1. The van der Waals surface area contributed by atoms with Crippen LogP contribution >= 0.6 is 23.4 Å². The van der Waals surface area contributed by atoms with Crippen molar-refractivity contribution in [3.05, 3.63) is 29.3 Å². The lowest BCUT2D eigenvalue weighted by Crippen LogP contribution is -2.30. The minimum atomic E-state index is 0.0372. The Balaban J connectivity index is 2.37. The van der Waals surface area contributed by atoms with Crippen LogP contribution in [-0.4, -0.2) is 22.9 Å². The van der Waals surface area contributed by atoms with Crippen molar-refractivity contribution in [3.8, 4) is 0 Å². The number of hydrogen-bond donors (Lipinski definition) is 0. The Morgan fingerprint density at radius 2 is 2.22 bits per heavy atom. The van der Waals surface area contributed by atoms with E-state index < -0.39 is 0 Å². The molecule has 1 aliphatic heterocycles. The number of thioether (sulfide) groups is 1. The van der Waals surface area contributed by atoms with Gasteiger partial charge in [-0.15, -0.1) is 0 Å². The Morgan fingerprint density at radius 3 is 2.89 bits per heavy atom. The van der Waals surface area contributed by atoms with Crippen LogP contribution in [0.25, 0.3) is 0 Å². The highest BCUT2D eigenvalue weighted by atomic mass is 35.5. The SMILES string of the molecule is CCC(C)N=C1SCC(=O)N1c1ccccc1Cl. The van der Waals surface area contributed by atoms with Crippen molar-refractivity contribution in [3.63, 3.8) is 0 Å². The van der Waals surface area contributed by atoms with Crippen LogP contribution in [0.2, 0.25) is 5.02 Å². The molecule has 1 aliphatic rings. The minimum absolute atomic E-state index is 0.0372. The quantitative estimate of drug-likeness (QED) is 0.849. The molecule has 0 bridgehead atoms. The summed E-state index contributed by atoms with van der Waals surface area (Å²) in [5.41, 5.74) is 0.719. The molecular weight excluding hydrogens is 268 g/mol. The van der Waals surface area contributed by atoms with Crippen LogP contribution in [0.3, 0.4) is 0 Å². The van der Waals surface area contributed by atoms with E-state index in [1.165, 1.54) is 11.8 Å². The molecule has 0 saturated carbocycles. The van der Waals surface area contributed by atoms with E-state index in [2.05, 4.69) is 11.9 Å². The molecule has 0 aromatic heterocycles. The number of amidine groups is 1. The standard InChI is InChI=1S/C13H15ClN2OS/c1-3-9(2)15-13-16(12(17)8-18-13)11-7-5-4-6-10(11)14/h4-7,9H,3,8H2,1-2H3. The van der Waals surface area contributed by atoms with Crippen LogP contribution in [0.5, 0.6) is 0 Å². The molecule has 18 heavy (non-hydrogen) atoms. The van der Waals surface area contributed by atoms with Crippen molar-refractivity contribution in [2.45, 2.75) is 26.3 Å². The summed E-state index contributed by atoms with van der Waals surface area (Å²) < 4.78 is 0. The van der Waals surface area contributed by atoms with Gasteiger partial charge in [-0.2, -0.15) is 0 Å². The second-order valence-electron chi connectivity index (χ2n) is 4.14. The number of benzene rings is 1. The maximum atomic E-state index is 12.0. The van der Waals surface area contributed by atoms with Crippen molar-refractivity contribution in [2.75, 3.05) is 10.7 Å². The van der Waals surface area contributed by atoms with Crippen molar-refractivity contribution < 1.29 is 4.79 Å². The third-order valence-corrected chi connectivity index (χ3v) is 4.04. The Morgan fingerprint density at radius 1 is 1.50 bits per heavy atom. The summed E-state index contributed by atoms with van der Waals surface area (Å²) in [6, 6.07) is 7.57. The molecule has 1 atom stereocenters. The molecule has 5 heteroatoms. The van der Waals surface area contributed by atoms with Crippen LogP contribution in [0.4, 0.5) is 5.69 Å². The minimum Gasteiger partial charge on any atom is -0.273 e. The molecule has 0 N–H and O–H groups in total. The predicted molar refractivity (Wildman–Crippen MR) is 78.6 cm³/mol. The normalized spacial score (nSPS) is 19.6. The first-order valence-corrected chi connectivity index (χ1v) is 7.28. The number of nitrogens with zero attached hydrogens (tertiary/aromatic N) is 2. The molecular formula is C13H15ClN2OS. The first-order valence-electron chi connectivity index (χ1n) is 5.91. The van der Waals surface area contributed by atoms with Gasteiger partial charge in [-0.3, -0.25) is 14.7 Å². The summed E-state index contributed by atoms with van der Waals surface area (Å²) in [5.74, 6) is 0.468. The second-order valence-corrected chi connectivity index (χ2v) is 5.49. The van der Waals surface area contributed by atoms with Gasteiger partial charge in [0.1, 0.15) is 0 Å². The van der Waals surface area contributed by atoms with E-state index in [1.54, 1.807) is 11.0 Å². The summed E-state index contributed by atoms with van der Waals surface area (Å²) in [6.07, 6.45) is 0.953. The lowest BCUT2D eigenvalue weighted by atomic mass is 10.3. The highest BCUT2D eigenvalue weighted by Gasteiger charge is 2.31. The summed E-state index contributed by atoms with van der Waals surface area (Å²) in [7, 11) is 0. The van der Waals surface area contributed by atoms with E-state index in [9.17, 15) is 4.79 Å². The van der Waals surface area contributed by atoms with E-state index in [-0.39, 0.29) is 11.9 Å². The van der Waals surface area contributed by atoms with Crippen LogP contribution in [0, 0.1) is 0 Å². The Labute approximate surface area is 116 Å². The van der Waals surface area contributed by atoms with Gasteiger partial charge in [0.05, 0.1) is 16.5 Å². The van der Waals surface area contributed by atoms with Crippen molar-refractivity contribution >= 4 is 40.1 Å². The van der Waals surface area contributed by atoms with Gasteiger partial charge in [0.15, 0.2) is 5.17 Å². The van der Waals surface area contributed by atoms with Crippen LogP contribution in [0.15, 0.2) is 29.3 Å². The van der Waals surface area contributed by atoms with Gasteiger partial charge in [-0.25, -0.2) is 0 Å². The van der Waals surface area contributed by atoms with E-state index in [0.717, 1.165) is 17.3 Å². The van der Waals surface area contributed by atoms with Crippen LogP contribution in [-0.2, 0) is 4.79 Å². The summed E-state index contributed by atoms with van der Waals surface area (Å²) in [4.78, 5) is 18.2. The van der Waals surface area contributed by atoms with E-state index >= 15 is 0 Å². The summed E-state index contributed by atoms with van der Waals surface area (Å²) in [6.45, 7) is 4.12. The molecule has 1 amide bonds. The zero-order valence-corrected chi connectivity index (χ0v) is 12.0. The highest BCUT2D eigenvalue weighted by molar-refractivity contribution is 8.15. The summed E-state index contributed by atoms with van der Waals surface area (Å²) >= 11 is 7.62. The molecule has 1 aromatic carbocycles. The largest absolute Gasteiger partial charge is 0.273 e. The number of carbonyl (C=O) groups excluding carboxylic acids is 1. The van der Waals surface area contributed by atoms with Crippen LogP contribution in [0.1, 0.15) is 20.3 Å². The lowest BCUT2D eigenvalue weighted by molar-refractivity contribution is -0.115. The van der Waals surface area contributed by atoms with Gasteiger partial charge in [0.25, 0.3) is 0 Å². The smallest absolute Gasteiger partial charge is 0.243 e. The average molecular weight is 283 g/mol. The fourth-order valence-corrected chi connectivity index (χ4v) is 2.79. The van der Waals surface area contributed by atoms with Crippen molar-refractivity contribution in [1.29, 1.82) is 0 Å². The fourth-order valence-electron chi connectivity index (χ4n) is 1.61. The van der Waals surface area contributed by atoms with Gasteiger partial charge < -0.3 is 0 Å². The number of anilines is 1. The third-order valence-electron chi connectivity index (χ3n) is 2.78. The fraction of sp³-hybridized carbons (Fsp3) is 0.385. The molecule has 1 fully saturated rings. The number of rotatable bonds is 3. The Bertz CT molecular complexity index is 490. The highest BCUT2D eigenvalue weighted by Crippen LogP contribution is 2.32. The molecule has 0 aliphatic carbocycles. The van der Waals surface area contributed by atoms with Gasteiger partial charge in [0.2, 0.25) is 5.91 Å². The Kier molecular flexibility index (Phi) is 4.30. The third kappa shape index (κ3) is 2.70. The van der Waals surface area contributed by atoms with Gasteiger partial charge in [-0.05, 0) is 25.5 Å². The van der Waals surface area contributed by atoms with Crippen LogP contribution < -0.4 is 4.90 Å². The molecule has 0 radical (unpaired) electrons. The maximum Gasteiger partial charge on any atom is 0.243 e. The second kappa shape index (κ2) is 5.76. The molecule has 2 rings (SSSR count). The summed E-state index contributed by atoms with van der Waals surface area (Å²) in [5, 5.41) is 1.33. The molecule has 1 saturated heterocycles. The first-order chi connectivity index (χ1) is 8.63.